The Kier molecular flexibility index (Phi) is 3.47. The van der Waals surface area contributed by atoms with Crippen LogP contribution in [0.4, 0.5) is 0 Å². The van der Waals surface area contributed by atoms with Gasteiger partial charge in [-0.1, -0.05) is 19.9 Å². The van der Waals surface area contributed by atoms with Crippen LogP contribution in [0.2, 0.25) is 0 Å². The molecule has 1 unspecified atom stereocenters. The van der Waals surface area contributed by atoms with E-state index in [-0.39, 0.29) is 5.41 Å². The number of nitrogens with two attached hydrogens (primary N) is 1. The van der Waals surface area contributed by atoms with E-state index in [2.05, 4.69) is 36.7 Å². The average molecular weight is 198 g/mol. The molecule has 1 aromatic rings. The molecule has 0 aliphatic heterocycles. The van der Waals surface area contributed by atoms with Crippen LogP contribution in [-0.2, 0) is 0 Å². The molecule has 74 valence electrons. The second-order valence-corrected chi connectivity index (χ2v) is 4.91. The van der Waals surface area contributed by atoms with E-state index in [4.69, 9.17) is 5.73 Å². The van der Waals surface area contributed by atoms with Crippen LogP contribution in [0.15, 0.2) is 17.5 Å². The highest BCUT2D eigenvalue weighted by atomic mass is 32.1. The van der Waals surface area contributed by atoms with Crippen LogP contribution in [0.5, 0.6) is 0 Å². The molecule has 3 heteroatoms. The Morgan fingerprint density at radius 3 is 2.69 bits per heavy atom. The second kappa shape index (κ2) is 4.22. The summed E-state index contributed by atoms with van der Waals surface area (Å²) in [4.78, 5) is 1.36. The normalized spacial score (nSPS) is 14.5. The van der Waals surface area contributed by atoms with Crippen molar-refractivity contribution in [2.45, 2.75) is 19.9 Å². The molecule has 1 heterocycles. The standard InChI is InChI=1S/C10H18N2S/c1-10(2,7-11)9(12-3)8-5-4-6-13-8/h4-6,9,12H,7,11H2,1-3H3. The number of rotatable bonds is 4. The molecule has 0 saturated heterocycles. The highest BCUT2D eigenvalue weighted by Crippen LogP contribution is 2.34. The van der Waals surface area contributed by atoms with Crippen LogP contribution in [0, 0.1) is 5.41 Å². The molecule has 0 aliphatic rings. The van der Waals surface area contributed by atoms with Gasteiger partial charge in [-0.15, -0.1) is 11.3 Å². The average Bonchev–Trinajstić information content (AvgIpc) is 2.58. The predicted molar refractivity (Wildman–Crippen MR) is 59.0 cm³/mol. The molecule has 0 aliphatic carbocycles. The van der Waals surface area contributed by atoms with Crippen LogP contribution in [0.25, 0.3) is 0 Å². The topological polar surface area (TPSA) is 38.0 Å². The van der Waals surface area contributed by atoms with Gasteiger partial charge in [0.1, 0.15) is 0 Å². The Balaban J connectivity index is 2.86. The van der Waals surface area contributed by atoms with E-state index in [1.807, 2.05) is 7.05 Å². The van der Waals surface area contributed by atoms with Gasteiger partial charge in [-0.3, -0.25) is 0 Å². The van der Waals surface area contributed by atoms with Gasteiger partial charge in [0, 0.05) is 10.9 Å². The van der Waals surface area contributed by atoms with Crippen LogP contribution in [-0.4, -0.2) is 13.6 Å². The van der Waals surface area contributed by atoms with Crippen molar-refractivity contribution in [2.24, 2.45) is 11.1 Å². The number of nitrogens with one attached hydrogen (secondary N) is 1. The molecule has 3 N–H and O–H groups in total. The molecular weight excluding hydrogens is 180 g/mol. The molecule has 2 nitrogen and oxygen atoms in total. The first-order valence-electron chi connectivity index (χ1n) is 4.52. The van der Waals surface area contributed by atoms with Crippen molar-refractivity contribution >= 4 is 11.3 Å². The Bertz CT molecular complexity index is 241. The van der Waals surface area contributed by atoms with Gasteiger partial charge >= 0.3 is 0 Å². The Hall–Kier alpha value is -0.380. The third kappa shape index (κ3) is 2.30. The van der Waals surface area contributed by atoms with E-state index >= 15 is 0 Å². The van der Waals surface area contributed by atoms with Gasteiger partial charge in [-0.05, 0) is 30.5 Å². The van der Waals surface area contributed by atoms with Gasteiger partial charge in [0.25, 0.3) is 0 Å². The first kappa shape index (κ1) is 10.7. The molecule has 0 saturated carbocycles. The fourth-order valence-corrected chi connectivity index (χ4v) is 2.54. The van der Waals surface area contributed by atoms with E-state index in [0.717, 1.165) is 0 Å². The van der Waals surface area contributed by atoms with Gasteiger partial charge in [0.15, 0.2) is 0 Å². The zero-order valence-electron chi connectivity index (χ0n) is 8.50. The van der Waals surface area contributed by atoms with Gasteiger partial charge in [-0.2, -0.15) is 0 Å². The zero-order valence-corrected chi connectivity index (χ0v) is 9.32. The number of hydrogen-bond acceptors (Lipinski definition) is 3. The summed E-state index contributed by atoms with van der Waals surface area (Å²) in [7, 11) is 1.99. The first-order chi connectivity index (χ1) is 6.11. The molecule has 1 atom stereocenters. The summed E-state index contributed by atoms with van der Waals surface area (Å²) in [6.45, 7) is 5.07. The maximum absolute atomic E-state index is 5.75. The molecule has 1 rings (SSSR count). The lowest BCUT2D eigenvalue weighted by Gasteiger charge is -2.32. The zero-order chi connectivity index (χ0) is 9.90. The van der Waals surface area contributed by atoms with E-state index in [1.165, 1.54) is 4.88 Å². The fraction of sp³-hybridized carbons (Fsp3) is 0.600. The molecule has 0 radical (unpaired) electrons. The summed E-state index contributed by atoms with van der Waals surface area (Å²) >= 11 is 1.78. The lowest BCUT2D eigenvalue weighted by atomic mass is 9.84. The van der Waals surface area contributed by atoms with Crippen molar-refractivity contribution < 1.29 is 0 Å². The van der Waals surface area contributed by atoms with Gasteiger partial charge < -0.3 is 11.1 Å². The van der Waals surface area contributed by atoms with Gasteiger partial charge in [0.2, 0.25) is 0 Å². The summed E-state index contributed by atoms with van der Waals surface area (Å²) < 4.78 is 0. The third-order valence-corrected chi connectivity index (χ3v) is 3.36. The van der Waals surface area contributed by atoms with Crippen molar-refractivity contribution in [3.8, 4) is 0 Å². The van der Waals surface area contributed by atoms with Crippen LogP contribution < -0.4 is 11.1 Å². The predicted octanol–water partition coefficient (Wildman–Crippen LogP) is 1.99. The van der Waals surface area contributed by atoms with Crippen molar-refractivity contribution in [1.29, 1.82) is 0 Å². The smallest absolute Gasteiger partial charge is 0.0476 e. The summed E-state index contributed by atoms with van der Waals surface area (Å²) in [5, 5.41) is 5.43. The summed E-state index contributed by atoms with van der Waals surface area (Å²) in [5.41, 5.74) is 5.86. The van der Waals surface area contributed by atoms with Crippen molar-refractivity contribution in [1.82, 2.24) is 5.32 Å². The Morgan fingerprint density at radius 1 is 1.62 bits per heavy atom. The summed E-state index contributed by atoms with van der Waals surface area (Å²) in [6, 6.07) is 4.60. The molecule has 13 heavy (non-hydrogen) atoms. The molecule has 0 bridgehead atoms. The third-order valence-electron chi connectivity index (χ3n) is 2.42. The second-order valence-electron chi connectivity index (χ2n) is 3.93. The van der Waals surface area contributed by atoms with E-state index in [1.54, 1.807) is 11.3 Å². The van der Waals surface area contributed by atoms with Crippen LogP contribution in [0.3, 0.4) is 0 Å². The molecule has 1 aromatic heterocycles. The highest BCUT2D eigenvalue weighted by molar-refractivity contribution is 7.10. The van der Waals surface area contributed by atoms with Crippen molar-refractivity contribution in [3.63, 3.8) is 0 Å². The first-order valence-corrected chi connectivity index (χ1v) is 5.40. The lowest BCUT2D eigenvalue weighted by Crippen LogP contribution is -2.37. The minimum Gasteiger partial charge on any atom is -0.330 e. The molecule has 0 amide bonds. The Morgan fingerprint density at radius 2 is 2.31 bits per heavy atom. The molecular formula is C10H18N2S. The fourth-order valence-electron chi connectivity index (χ4n) is 1.49. The monoisotopic (exact) mass is 198 g/mol. The van der Waals surface area contributed by atoms with E-state index in [0.29, 0.717) is 12.6 Å². The van der Waals surface area contributed by atoms with Gasteiger partial charge in [0.05, 0.1) is 0 Å². The molecule has 0 fully saturated rings. The Labute approximate surface area is 84.2 Å². The van der Waals surface area contributed by atoms with Crippen molar-refractivity contribution in [3.05, 3.63) is 22.4 Å². The molecule has 0 spiro atoms. The van der Waals surface area contributed by atoms with E-state index < -0.39 is 0 Å². The SMILES string of the molecule is CNC(c1cccs1)C(C)(C)CN. The van der Waals surface area contributed by atoms with Crippen LogP contribution in [0.1, 0.15) is 24.8 Å². The highest BCUT2D eigenvalue weighted by Gasteiger charge is 2.28. The van der Waals surface area contributed by atoms with Crippen molar-refractivity contribution in [2.75, 3.05) is 13.6 Å². The summed E-state index contributed by atoms with van der Waals surface area (Å²) in [6.07, 6.45) is 0. The minimum atomic E-state index is 0.111. The maximum atomic E-state index is 5.75. The lowest BCUT2D eigenvalue weighted by molar-refractivity contribution is 0.269. The van der Waals surface area contributed by atoms with Gasteiger partial charge in [-0.25, -0.2) is 0 Å². The molecule has 0 aromatic carbocycles. The number of thiophene rings is 1. The number of hydrogen-bond donors (Lipinski definition) is 2. The van der Waals surface area contributed by atoms with Crippen LogP contribution >= 0.6 is 11.3 Å². The maximum Gasteiger partial charge on any atom is 0.0476 e. The largest absolute Gasteiger partial charge is 0.330 e. The summed E-state index contributed by atoms with van der Waals surface area (Å²) in [5.74, 6) is 0. The van der Waals surface area contributed by atoms with E-state index in [9.17, 15) is 0 Å². The minimum absolute atomic E-state index is 0.111. The quantitative estimate of drug-likeness (QED) is 0.776.